The number of aliphatic hydroxyl groups excluding tert-OH is 1. The summed E-state index contributed by atoms with van der Waals surface area (Å²) in [6, 6.07) is 8.10. The highest BCUT2D eigenvalue weighted by Gasteiger charge is 2.39. The summed E-state index contributed by atoms with van der Waals surface area (Å²) in [6.07, 6.45) is 1.86. The van der Waals surface area contributed by atoms with Crippen molar-refractivity contribution in [2.75, 3.05) is 26.7 Å². The lowest BCUT2D eigenvalue weighted by Gasteiger charge is -2.46. The molecule has 1 unspecified atom stereocenters. The second-order valence-corrected chi connectivity index (χ2v) is 7.61. The summed E-state index contributed by atoms with van der Waals surface area (Å²) < 4.78 is 11.7. The van der Waals surface area contributed by atoms with Crippen LogP contribution in [-0.2, 0) is 0 Å². The molecule has 2 aromatic rings. The Morgan fingerprint density at radius 3 is 2.60 bits per heavy atom. The fourth-order valence-electron chi connectivity index (χ4n) is 4.49. The highest BCUT2D eigenvalue weighted by molar-refractivity contribution is 5.69. The van der Waals surface area contributed by atoms with E-state index in [2.05, 4.69) is 11.0 Å². The number of hydrogen-bond donors (Lipinski definition) is 1. The van der Waals surface area contributed by atoms with E-state index in [9.17, 15) is 5.11 Å². The van der Waals surface area contributed by atoms with E-state index in [1.165, 1.54) is 25.9 Å². The first-order valence-corrected chi connectivity index (χ1v) is 9.22. The number of fused-ring (bicyclic) bond motifs is 3. The minimum Gasteiger partial charge on any atom is -0.496 e. The summed E-state index contributed by atoms with van der Waals surface area (Å²) in [7, 11) is 1.68. The summed E-state index contributed by atoms with van der Waals surface area (Å²) in [5.74, 6) is 3.19. The second-order valence-electron chi connectivity index (χ2n) is 7.61. The van der Waals surface area contributed by atoms with Gasteiger partial charge in [-0.15, -0.1) is 0 Å². The van der Waals surface area contributed by atoms with Crippen LogP contribution in [0.15, 0.2) is 28.7 Å². The van der Waals surface area contributed by atoms with Gasteiger partial charge in [0.05, 0.1) is 12.7 Å². The fourth-order valence-corrected chi connectivity index (χ4v) is 4.49. The van der Waals surface area contributed by atoms with Crippen LogP contribution in [0.4, 0.5) is 0 Å². The molecule has 2 bridgehead atoms. The predicted molar refractivity (Wildman–Crippen MR) is 97.8 cm³/mol. The molecule has 1 N–H and O–H groups in total. The maximum atomic E-state index is 11.0. The normalized spacial score (nSPS) is 26.6. The van der Waals surface area contributed by atoms with Crippen molar-refractivity contribution >= 4 is 0 Å². The molecule has 4 heterocycles. The van der Waals surface area contributed by atoms with Gasteiger partial charge in [-0.1, -0.05) is 6.07 Å². The van der Waals surface area contributed by atoms with Gasteiger partial charge in [-0.05, 0) is 75.0 Å². The molecule has 3 aliphatic heterocycles. The second kappa shape index (κ2) is 6.50. The Morgan fingerprint density at radius 2 is 1.96 bits per heavy atom. The number of rotatable bonds is 4. The number of furan rings is 1. The van der Waals surface area contributed by atoms with Gasteiger partial charge in [0, 0.05) is 12.5 Å². The molecule has 0 amide bonds. The van der Waals surface area contributed by atoms with Crippen LogP contribution >= 0.6 is 0 Å². The van der Waals surface area contributed by atoms with Crippen molar-refractivity contribution < 1.29 is 14.3 Å². The number of aliphatic hydroxyl groups is 1. The Labute approximate surface area is 149 Å². The molecule has 2 atom stereocenters. The lowest BCUT2D eigenvalue weighted by atomic mass is 9.75. The molecule has 0 spiro atoms. The lowest BCUT2D eigenvalue weighted by Crippen LogP contribution is -2.49. The molecule has 1 aromatic carbocycles. The average molecular weight is 341 g/mol. The van der Waals surface area contributed by atoms with Crippen LogP contribution in [0.5, 0.6) is 5.75 Å². The van der Waals surface area contributed by atoms with Crippen LogP contribution in [0, 0.1) is 25.7 Å². The van der Waals surface area contributed by atoms with E-state index < -0.39 is 6.10 Å². The van der Waals surface area contributed by atoms with Crippen molar-refractivity contribution in [1.82, 2.24) is 4.90 Å². The van der Waals surface area contributed by atoms with Gasteiger partial charge in [0.1, 0.15) is 23.4 Å². The van der Waals surface area contributed by atoms with E-state index in [1.54, 1.807) is 7.11 Å². The third-order valence-corrected chi connectivity index (χ3v) is 5.94. The molecule has 5 rings (SSSR count). The summed E-state index contributed by atoms with van der Waals surface area (Å²) >= 11 is 0. The molecule has 0 aliphatic carbocycles. The molecule has 3 saturated heterocycles. The maximum Gasteiger partial charge on any atom is 0.141 e. The molecular formula is C21H27NO3. The first kappa shape index (κ1) is 16.7. The molecule has 3 aliphatic rings. The van der Waals surface area contributed by atoms with Crippen LogP contribution in [0.25, 0.3) is 11.3 Å². The minimum atomic E-state index is -0.531. The zero-order valence-corrected chi connectivity index (χ0v) is 15.3. The standard InChI is InChI=1S/C21H27NO3/c1-13-4-5-16(18(10-13)24-3)21-14(2)11-19(25-21)20(23)17-12-22-8-6-15(17)7-9-22/h4-5,10-11,15,17,20,23H,6-9,12H2,1-3H3/t17?,20-/m1/s1. The molecule has 3 fully saturated rings. The van der Waals surface area contributed by atoms with Crippen LogP contribution < -0.4 is 4.74 Å². The summed E-state index contributed by atoms with van der Waals surface area (Å²) in [5.41, 5.74) is 3.13. The van der Waals surface area contributed by atoms with E-state index in [-0.39, 0.29) is 5.92 Å². The highest BCUT2D eigenvalue weighted by atomic mass is 16.5. The fraction of sp³-hybridized carbons (Fsp3) is 0.524. The van der Waals surface area contributed by atoms with Gasteiger partial charge in [0.2, 0.25) is 0 Å². The van der Waals surface area contributed by atoms with Gasteiger partial charge in [-0.3, -0.25) is 0 Å². The number of hydrogen-bond acceptors (Lipinski definition) is 4. The molecule has 1 aromatic heterocycles. The van der Waals surface area contributed by atoms with E-state index in [0.29, 0.717) is 11.7 Å². The number of aryl methyl sites for hydroxylation is 2. The Morgan fingerprint density at radius 1 is 1.20 bits per heavy atom. The molecular weight excluding hydrogens is 314 g/mol. The first-order chi connectivity index (χ1) is 12.1. The van der Waals surface area contributed by atoms with Crippen molar-refractivity contribution in [2.45, 2.75) is 32.8 Å². The van der Waals surface area contributed by atoms with E-state index >= 15 is 0 Å². The summed E-state index contributed by atoms with van der Waals surface area (Å²) in [6.45, 7) is 7.41. The summed E-state index contributed by atoms with van der Waals surface area (Å²) in [4.78, 5) is 2.47. The summed E-state index contributed by atoms with van der Waals surface area (Å²) in [5, 5.41) is 11.0. The third kappa shape index (κ3) is 2.98. The Balaban J connectivity index is 1.64. The average Bonchev–Trinajstić information content (AvgIpc) is 3.03. The zero-order valence-electron chi connectivity index (χ0n) is 15.3. The Bertz CT molecular complexity index is 758. The molecule has 4 heteroatoms. The monoisotopic (exact) mass is 341 g/mol. The smallest absolute Gasteiger partial charge is 0.141 e. The zero-order chi connectivity index (χ0) is 17.6. The van der Waals surface area contributed by atoms with Crippen LogP contribution in [0.3, 0.4) is 0 Å². The van der Waals surface area contributed by atoms with Gasteiger partial charge in [-0.25, -0.2) is 0 Å². The van der Waals surface area contributed by atoms with Gasteiger partial charge < -0.3 is 19.2 Å². The van der Waals surface area contributed by atoms with E-state index in [0.717, 1.165) is 34.7 Å². The topological polar surface area (TPSA) is 45.8 Å². The Kier molecular flexibility index (Phi) is 4.34. The van der Waals surface area contributed by atoms with Crippen molar-refractivity contribution in [2.24, 2.45) is 11.8 Å². The minimum absolute atomic E-state index is 0.279. The van der Waals surface area contributed by atoms with Gasteiger partial charge in [-0.2, -0.15) is 0 Å². The number of nitrogens with zero attached hydrogens (tertiary/aromatic N) is 1. The number of benzene rings is 1. The third-order valence-electron chi connectivity index (χ3n) is 5.94. The molecule has 4 nitrogen and oxygen atoms in total. The van der Waals surface area contributed by atoms with Crippen molar-refractivity contribution in [3.63, 3.8) is 0 Å². The van der Waals surface area contributed by atoms with Gasteiger partial charge in [0.15, 0.2) is 0 Å². The SMILES string of the molecule is COc1cc(C)ccc1-c1oc([C@H](O)C2CN3CCC2CC3)cc1C. The maximum absolute atomic E-state index is 11.0. The van der Waals surface area contributed by atoms with Crippen molar-refractivity contribution in [3.05, 3.63) is 41.2 Å². The Hall–Kier alpha value is -1.78. The number of methoxy groups -OCH3 is 1. The molecule has 134 valence electrons. The lowest BCUT2D eigenvalue weighted by molar-refractivity contribution is -0.0342. The molecule has 25 heavy (non-hydrogen) atoms. The largest absolute Gasteiger partial charge is 0.496 e. The van der Waals surface area contributed by atoms with Gasteiger partial charge >= 0.3 is 0 Å². The van der Waals surface area contributed by atoms with Crippen molar-refractivity contribution in [3.8, 4) is 17.1 Å². The predicted octanol–water partition coefficient (Wildman–Crippen LogP) is 3.95. The number of piperidine rings is 3. The van der Waals surface area contributed by atoms with Crippen LogP contribution in [-0.4, -0.2) is 36.8 Å². The van der Waals surface area contributed by atoms with E-state index in [4.69, 9.17) is 9.15 Å². The van der Waals surface area contributed by atoms with Crippen molar-refractivity contribution in [1.29, 1.82) is 0 Å². The molecule has 0 saturated carbocycles. The van der Waals surface area contributed by atoms with Gasteiger partial charge in [0.25, 0.3) is 0 Å². The van der Waals surface area contributed by atoms with Crippen LogP contribution in [0.1, 0.15) is 35.8 Å². The molecule has 0 radical (unpaired) electrons. The van der Waals surface area contributed by atoms with E-state index in [1.807, 2.05) is 32.0 Å². The number of ether oxygens (including phenoxy) is 1. The highest BCUT2D eigenvalue weighted by Crippen LogP contribution is 2.42. The quantitative estimate of drug-likeness (QED) is 0.915. The van der Waals surface area contributed by atoms with Crippen LogP contribution in [0.2, 0.25) is 0 Å². The first-order valence-electron chi connectivity index (χ1n) is 9.22.